The van der Waals surface area contributed by atoms with Crippen molar-refractivity contribution in [2.75, 3.05) is 23.9 Å². The normalized spacial score (nSPS) is 17.4. The van der Waals surface area contributed by atoms with Gasteiger partial charge < -0.3 is 9.80 Å². The molecule has 42 heavy (non-hydrogen) atoms. The highest BCUT2D eigenvalue weighted by Gasteiger charge is 2.67. The molecule has 0 bridgehead atoms. The molecule has 2 spiro atoms. The third-order valence-corrected chi connectivity index (χ3v) is 11.0. The summed E-state index contributed by atoms with van der Waals surface area (Å²) in [5.74, 6) is 0. The lowest BCUT2D eigenvalue weighted by Gasteiger charge is -2.56. The molecule has 0 saturated carbocycles. The molecular weight excluding hydrogens is 508 g/mol. The number of aryl methyl sites for hydroxylation is 2. The number of benzene rings is 6. The number of nitrogens with zero attached hydrogens (tertiary/aromatic N) is 2. The predicted octanol–water partition coefficient (Wildman–Crippen LogP) is 8.78. The van der Waals surface area contributed by atoms with E-state index >= 15 is 0 Å². The van der Waals surface area contributed by atoms with E-state index in [0.29, 0.717) is 0 Å². The van der Waals surface area contributed by atoms with Crippen LogP contribution in [0.15, 0.2) is 121 Å². The first-order valence-corrected chi connectivity index (χ1v) is 15.1. The van der Waals surface area contributed by atoms with Crippen LogP contribution in [0.25, 0.3) is 10.8 Å². The first-order valence-electron chi connectivity index (χ1n) is 15.1. The van der Waals surface area contributed by atoms with Crippen molar-refractivity contribution >= 4 is 33.5 Å². The van der Waals surface area contributed by atoms with Gasteiger partial charge in [0.05, 0.1) is 10.8 Å². The number of fused-ring (bicyclic) bond motifs is 11. The van der Waals surface area contributed by atoms with Gasteiger partial charge in [-0.15, -0.1) is 0 Å². The van der Waals surface area contributed by atoms with E-state index in [2.05, 4.69) is 145 Å². The Morgan fingerprint density at radius 1 is 0.381 bits per heavy atom. The summed E-state index contributed by atoms with van der Waals surface area (Å²) >= 11 is 0. The van der Waals surface area contributed by atoms with Crippen molar-refractivity contribution in [2.24, 2.45) is 0 Å². The highest BCUT2D eigenvalue weighted by molar-refractivity contribution is 6.06. The summed E-state index contributed by atoms with van der Waals surface area (Å²) in [6, 6.07) is 46.7. The molecule has 0 radical (unpaired) electrons. The van der Waals surface area contributed by atoms with Crippen LogP contribution in [0.3, 0.4) is 0 Å². The van der Waals surface area contributed by atoms with Crippen molar-refractivity contribution in [3.8, 4) is 0 Å². The first kappa shape index (κ1) is 22.8. The molecule has 0 amide bonds. The number of para-hydroxylation sites is 4. The maximum absolute atomic E-state index is 2.51. The molecule has 6 aromatic rings. The zero-order valence-electron chi connectivity index (χ0n) is 23.9. The topological polar surface area (TPSA) is 6.48 Å². The largest absolute Gasteiger partial charge is 0.344 e. The Morgan fingerprint density at radius 2 is 0.714 bits per heavy atom. The zero-order valence-corrected chi connectivity index (χ0v) is 23.9. The summed E-state index contributed by atoms with van der Waals surface area (Å²) in [6.45, 7) is 0. The summed E-state index contributed by atoms with van der Waals surface area (Å²) < 4.78 is 0. The van der Waals surface area contributed by atoms with Crippen molar-refractivity contribution in [1.82, 2.24) is 0 Å². The summed E-state index contributed by atoms with van der Waals surface area (Å²) in [6.07, 6.45) is 2.25. The van der Waals surface area contributed by atoms with Crippen LogP contribution in [0, 0.1) is 0 Å². The van der Waals surface area contributed by atoms with Gasteiger partial charge >= 0.3 is 0 Å². The van der Waals surface area contributed by atoms with Crippen LogP contribution in [-0.2, 0) is 23.7 Å². The van der Waals surface area contributed by atoms with Crippen LogP contribution in [0.5, 0.6) is 0 Å². The van der Waals surface area contributed by atoms with Crippen LogP contribution < -0.4 is 9.80 Å². The third kappa shape index (κ3) is 2.25. The molecule has 2 heteroatoms. The maximum Gasteiger partial charge on any atom is 0.0678 e. The molecule has 2 aliphatic carbocycles. The Balaban J connectivity index is 1.55. The average molecular weight is 539 g/mol. The van der Waals surface area contributed by atoms with Gasteiger partial charge in [-0.1, -0.05) is 97.1 Å². The minimum Gasteiger partial charge on any atom is -0.344 e. The van der Waals surface area contributed by atoms with Gasteiger partial charge in [0, 0.05) is 36.8 Å². The Morgan fingerprint density at radius 3 is 1.07 bits per heavy atom. The maximum atomic E-state index is 2.51. The predicted molar refractivity (Wildman–Crippen MR) is 173 cm³/mol. The van der Waals surface area contributed by atoms with Gasteiger partial charge in [0.1, 0.15) is 0 Å². The SMILES string of the molecule is CN1c2ccccc2C2(c3ccccc31)c1ccc3c4c(ccc(c14)C21c2ccccc2N(C)c2ccccc21)CC3. The van der Waals surface area contributed by atoms with Crippen LogP contribution >= 0.6 is 0 Å². The van der Waals surface area contributed by atoms with Gasteiger partial charge in [0.2, 0.25) is 0 Å². The van der Waals surface area contributed by atoms with Gasteiger partial charge in [-0.05, 0) is 92.4 Å². The lowest BCUT2D eigenvalue weighted by molar-refractivity contribution is 0.435. The van der Waals surface area contributed by atoms with Crippen molar-refractivity contribution in [3.05, 3.63) is 166 Å². The molecule has 0 fully saturated rings. The standard InChI is InChI=1S/C40H30N2/c1-41-33-15-7-3-11-27(33)39(28-12-4-8-16-34(28)41)31-23-21-25-19-20-26-22-24-32(38(31)37(25)26)40(39)29-13-5-9-17-35(29)42(2)36-18-10-6-14-30(36)40/h3-18,21-24H,19-20H2,1-2H3. The summed E-state index contributed by atoms with van der Waals surface area (Å²) in [5.41, 5.74) is 15.6. The number of hydrogen-bond donors (Lipinski definition) is 0. The fourth-order valence-electron chi connectivity index (χ4n) is 9.63. The molecule has 2 nitrogen and oxygen atoms in total. The minimum atomic E-state index is -0.470. The van der Waals surface area contributed by atoms with E-state index in [9.17, 15) is 0 Å². The minimum absolute atomic E-state index is 0.470. The molecule has 0 N–H and O–H groups in total. The molecule has 4 aliphatic rings. The van der Waals surface area contributed by atoms with E-state index in [0.717, 1.165) is 12.8 Å². The van der Waals surface area contributed by atoms with Crippen LogP contribution in [0.4, 0.5) is 22.7 Å². The molecule has 6 aromatic carbocycles. The smallest absolute Gasteiger partial charge is 0.0678 e. The van der Waals surface area contributed by atoms with E-state index in [4.69, 9.17) is 0 Å². The second-order valence-corrected chi connectivity index (χ2v) is 12.5. The van der Waals surface area contributed by atoms with E-state index < -0.39 is 10.8 Å². The molecule has 0 unspecified atom stereocenters. The van der Waals surface area contributed by atoms with Crippen molar-refractivity contribution < 1.29 is 0 Å². The molecule has 0 aromatic heterocycles. The Bertz CT molecular complexity index is 1910. The van der Waals surface area contributed by atoms with Crippen molar-refractivity contribution in [2.45, 2.75) is 23.7 Å². The first-order chi connectivity index (χ1) is 20.7. The van der Waals surface area contributed by atoms with E-state index in [1.54, 1.807) is 0 Å². The Hall–Kier alpha value is -4.82. The Kier molecular flexibility index (Phi) is 4.08. The van der Waals surface area contributed by atoms with Gasteiger partial charge in [0.25, 0.3) is 0 Å². The fourth-order valence-corrected chi connectivity index (χ4v) is 9.63. The van der Waals surface area contributed by atoms with Gasteiger partial charge in [-0.2, -0.15) is 0 Å². The lowest BCUT2D eigenvalue weighted by atomic mass is 9.48. The van der Waals surface area contributed by atoms with Crippen LogP contribution in [0.1, 0.15) is 44.5 Å². The van der Waals surface area contributed by atoms with E-state index in [1.807, 2.05) is 0 Å². The number of hydrogen-bond acceptors (Lipinski definition) is 2. The number of rotatable bonds is 0. The second-order valence-electron chi connectivity index (χ2n) is 12.5. The summed E-state index contributed by atoms with van der Waals surface area (Å²) in [5, 5.41) is 2.98. The fraction of sp³-hybridized carbons (Fsp3) is 0.150. The molecule has 0 saturated heterocycles. The Labute approximate surface area is 246 Å². The van der Waals surface area contributed by atoms with Crippen molar-refractivity contribution in [1.29, 1.82) is 0 Å². The monoisotopic (exact) mass is 538 g/mol. The third-order valence-electron chi connectivity index (χ3n) is 11.0. The average Bonchev–Trinajstić information content (AvgIpc) is 3.58. The summed E-state index contributed by atoms with van der Waals surface area (Å²) in [7, 11) is 4.47. The van der Waals surface area contributed by atoms with E-state index in [-0.39, 0.29) is 0 Å². The van der Waals surface area contributed by atoms with Crippen molar-refractivity contribution in [3.63, 3.8) is 0 Å². The zero-order chi connectivity index (χ0) is 27.8. The highest BCUT2D eigenvalue weighted by atomic mass is 15.1. The molecule has 0 atom stereocenters. The molecule has 2 heterocycles. The molecule has 10 rings (SSSR count). The second kappa shape index (κ2) is 7.52. The van der Waals surface area contributed by atoms with E-state index in [1.165, 1.54) is 78.0 Å². The van der Waals surface area contributed by atoms with Crippen LogP contribution in [-0.4, -0.2) is 14.1 Å². The lowest BCUT2D eigenvalue weighted by Crippen LogP contribution is -2.54. The molecule has 2 aliphatic heterocycles. The molecule has 200 valence electrons. The molecular formula is C40H30N2. The quantitative estimate of drug-likeness (QED) is 0.191. The number of anilines is 4. The van der Waals surface area contributed by atoms with Gasteiger partial charge in [-0.3, -0.25) is 0 Å². The highest BCUT2D eigenvalue weighted by Crippen LogP contribution is 2.73. The van der Waals surface area contributed by atoms with Crippen LogP contribution in [0.2, 0.25) is 0 Å². The van der Waals surface area contributed by atoms with Gasteiger partial charge in [-0.25, -0.2) is 0 Å². The summed E-state index contributed by atoms with van der Waals surface area (Å²) in [4.78, 5) is 4.82. The van der Waals surface area contributed by atoms with Gasteiger partial charge in [0.15, 0.2) is 0 Å².